The zero-order chi connectivity index (χ0) is 15.9. The zero-order valence-electron chi connectivity index (χ0n) is 14.0. The van der Waals surface area contributed by atoms with E-state index in [1.165, 1.54) is 11.1 Å². The number of ether oxygens (including phenoxy) is 1. The van der Waals surface area contributed by atoms with Crippen molar-refractivity contribution in [3.63, 3.8) is 0 Å². The molecule has 21 heavy (non-hydrogen) atoms. The third-order valence-corrected chi connectivity index (χ3v) is 8.62. The van der Waals surface area contributed by atoms with Crippen molar-refractivity contribution in [2.24, 2.45) is 0 Å². The Morgan fingerprint density at radius 1 is 1.10 bits per heavy atom. The van der Waals surface area contributed by atoms with Gasteiger partial charge in [-0.25, -0.2) is 0 Å². The van der Waals surface area contributed by atoms with E-state index in [-0.39, 0.29) is 5.60 Å². The van der Waals surface area contributed by atoms with Crippen molar-refractivity contribution < 1.29 is 9.16 Å². The van der Waals surface area contributed by atoms with Gasteiger partial charge in [0.2, 0.25) is 0 Å². The van der Waals surface area contributed by atoms with E-state index in [0.29, 0.717) is 13.2 Å². The lowest BCUT2D eigenvalue weighted by Gasteiger charge is -2.34. The molecule has 0 aromatic heterocycles. The molecule has 1 rings (SSSR count). The van der Waals surface area contributed by atoms with E-state index in [4.69, 9.17) is 20.2 Å². The van der Waals surface area contributed by atoms with Crippen molar-refractivity contribution in [2.45, 2.75) is 65.3 Å². The van der Waals surface area contributed by atoms with Crippen LogP contribution in [0.4, 0.5) is 0 Å². The fourth-order valence-electron chi connectivity index (χ4n) is 2.13. The Hall–Kier alpha value is -0.353. The summed E-state index contributed by atoms with van der Waals surface area (Å²) >= 11 is 6.59. The summed E-state index contributed by atoms with van der Waals surface area (Å²) in [5.74, 6) is 0. The number of halogens is 1. The number of rotatable bonds is 9. The SMILES string of the molecule is CC[Si](Cl)(CC)OC(C)(C)CCOCc1ccc(C)cc1. The molecule has 1 aromatic carbocycles. The van der Waals surface area contributed by atoms with Crippen molar-refractivity contribution in [1.82, 2.24) is 0 Å². The first-order valence-corrected chi connectivity index (χ1v) is 11.2. The highest BCUT2D eigenvalue weighted by atomic mass is 35.6. The molecule has 0 fully saturated rings. The highest BCUT2D eigenvalue weighted by Gasteiger charge is 2.35. The molecule has 0 amide bonds. The van der Waals surface area contributed by atoms with Gasteiger partial charge in [-0.15, -0.1) is 11.1 Å². The van der Waals surface area contributed by atoms with Gasteiger partial charge in [-0.05, 0) is 44.8 Å². The predicted octanol–water partition coefficient (Wildman–Crippen LogP) is 5.42. The van der Waals surface area contributed by atoms with Crippen LogP contribution in [0, 0.1) is 6.92 Å². The molecular weight excluding hydrogens is 300 g/mol. The molecule has 0 spiro atoms. The van der Waals surface area contributed by atoms with E-state index < -0.39 is 7.63 Å². The Bertz CT molecular complexity index is 413. The minimum Gasteiger partial charge on any atom is -0.398 e. The van der Waals surface area contributed by atoms with Crippen LogP contribution in [0.2, 0.25) is 12.1 Å². The maximum atomic E-state index is 6.59. The van der Waals surface area contributed by atoms with Gasteiger partial charge < -0.3 is 9.16 Å². The van der Waals surface area contributed by atoms with Crippen molar-refractivity contribution in [3.8, 4) is 0 Å². The molecule has 0 aliphatic heterocycles. The van der Waals surface area contributed by atoms with E-state index >= 15 is 0 Å². The van der Waals surface area contributed by atoms with Gasteiger partial charge in [-0.3, -0.25) is 0 Å². The summed E-state index contributed by atoms with van der Waals surface area (Å²) in [6.07, 6.45) is 0.861. The summed E-state index contributed by atoms with van der Waals surface area (Å²) in [6.45, 7) is 11.9. The number of hydrogen-bond acceptors (Lipinski definition) is 2. The monoisotopic (exact) mass is 328 g/mol. The first kappa shape index (κ1) is 18.7. The van der Waals surface area contributed by atoms with Gasteiger partial charge in [0, 0.05) is 6.61 Å². The van der Waals surface area contributed by atoms with Gasteiger partial charge in [0.1, 0.15) is 0 Å². The lowest BCUT2D eigenvalue weighted by atomic mass is 10.1. The largest absolute Gasteiger partial charge is 0.398 e. The molecule has 0 aliphatic carbocycles. The minimum atomic E-state index is -2.05. The van der Waals surface area contributed by atoms with E-state index in [9.17, 15) is 0 Å². The standard InChI is InChI=1S/C17H29ClO2Si/c1-6-21(18,7-2)20-17(4,5)12-13-19-14-16-10-8-15(3)9-11-16/h8-11H,6-7,12-14H2,1-5H3. The molecule has 0 aliphatic rings. The molecule has 0 bridgehead atoms. The van der Waals surface area contributed by atoms with Crippen LogP contribution in [0.15, 0.2) is 24.3 Å². The average molecular weight is 329 g/mol. The van der Waals surface area contributed by atoms with Crippen molar-refractivity contribution in [1.29, 1.82) is 0 Å². The lowest BCUT2D eigenvalue weighted by Crippen LogP contribution is -2.41. The number of benzene rings is 1. The Balaban J connectivity index is 2.35. The quantitative estimate of drug-likeness (QED) is 0.342. The lowest BCUT2D eigenvalue weighted by molar-refractivity contribution is 0.0370. The maximum Gasteiger partial charge on any atom is 0.289 e. The normalized spacial score (nSPS) is 12.7. The molecule has 2 nitrogen and oxygen atoms in total. The van der Waals surface area contributed by atoms with E-state index in [1.807, 2.05) is 0 Å². The molecule has 0 saturated heterocycles. The van der Waals surface area contributed by atoms with E-state index in [0.717, 1.165) is 18.5 Å². The van der Waals surface area contributed by atoms with E-state index in [2.05, 4.69) is 58.9 Å². The Labute approximate surface area is 135 Å². The van der Waals surface area contributed by atoms with Crippen molar-refractivity contribution in [3.05, 3.63) is 35.4 Å². The predicted molar refractivity (Wildman–Crippen MR) is 93.2 cm³/mol. The molecule has 0 radical (unpaired) electrons. The zero-order valence-corrected chi connectivity index (χ0v) is 15.8. The fraction of sp³-hybridized carbons (Fsp3) is 0.647. The highest BCUT2D eigenvalue weighted by molar-refractivity contribution is 7.16. The van der Waals surface area contributed by atoms with Crippen LogP contribution in [0.3, 0.4) is 0 Å². The van der Waals surface area contributed by atoms with Crippen LogP contribution in [-0.2, 0) is 15.8 Å². The van der Waals surface area contributed by atoms with Crippen molar-refractivity contribution in [2.75, 3.05) is 6.61 Å². The Kier molecular flexibility index (Phi) is 7.41. The topological polar surface area (TPSA) is 18.5 Å². The van der Waals surface area contributed by atoms with Crippen LogP contribution in [0.25, 0.3) is 0 Å². The molecule has 4 heteroatoms. The highest BCUT2D eigenvalue weighted by Crippen LogP contribution is 2.29. The summed E-state index contributed by atoms with van der Waals surface area (Å²) in [4.78, 5) is 0. The first-order chi connectivity index (χ1) is 9.80. The Morgan fingerprint density at radius 2 is 1.67 bits per heavy atom. The minimum absolute atomic E-state index is 0.215. The molecule has 120 valence electrons. The van der Waals surface area contributed by atoms with Crippen LogP contribution in [0.1, 0.15) is 45.2 Å². The molecule has 0 atom stereocenters. The summed E-state index contributed by atoms with van der Waals surface area (Å²) in [6, 6.07) is 10.3. The second-order valence-corrected chi connectivity index (χ2v) is 11.7. The molecule has 0 unspecified atom stereocenters. The van der Waals surface area contributed by atoms with Gasteiger partial charge >= 0.3 is 0 Å². The van der Waals surface area contributed by atoms with E-state index in [1.54, 1.807) is 0 Å². The Morgan fingerprint density at radius 3 is 2.19 bits per heavy atom. The number of aryl methyl sites for hydroxylation is 1. The van der Waals surface area contributed by atoms with Gasteiger partial charge in [-0.2, -0.15) is 0 Å². The van der Waals surface area contributed by atoms with Gasteiger partial charge in [-0.1, -0.05) is 43.7 Å². The first-order valence-electron chi connectivity index (χ1n) is 7.82. The molecule has 0 saturated carbocycles. The molecule has 0 heterocycles. The molecule has 1 aromatic rings. The molecular formula is C17H29ClO2Si. The van der Waals surface area contributed by atoms with Crippen LogP contribution in [-0.4, -0.2) is 19.8 Å². The maximum absolute atomic E-state index is 6.59. The summed E-state index contributed by atoms with van der Waals surface area (Å²) in [5, 5.41) is 0. The van der Waals surface area contributed by atoms with Gasteiger partial charge in [0.05, 0.1) is 12.2 Å². The second kappa shape index (κ2) is 8.32. The second-order valence-electron chi connectivity index (χ2n) is 6.24. The van der Waals surface area contributed by atoms with Crippen LogP contribution < -0.4 is 0 Å². The summed E-state index contributed by atoms with van der Waals surface area (Å²) in [5.41, 5.74) is 2.27. The van der Waals surface area contributed by atoms with Gasteiger partial charge in [0.25, 0.3) is 7.63 Å². The smallest absolute Gasteiger partial charge is 0.289 e. The third-order valence-electron chi connectivity index (χ3n) is 3.75. The van der Waals surface area contributed by atoms with Crippen molar-refractivity contribution >= 4 is 18.7 Å². The third kappa shape index (κ3) is 6.96. The van der Waals surface area contributed by atoms with Crippen LogP contribution in [0.5, 0.6) is 0 Å². The summed E-state index contributed by atoms with van der Waals surface area (Å²) < 4.78 is 12.0. The average Bonchev–Trinajstić information content (AvgIpc) is 2.45. The fourth-order valence-corrected chi connectivity index (χ4v) is 4.64. The summed E-state index contributed by atoms with van der Waals surface area (Å²) in [7, 11) is -2.05. The number of hydrogen-bond donors (Lipinski definition) is 0. The molecule has 0 N–H and O–H groups in total. The van der Waals surface area contributed by atoms with Gasteiger partial charge in [0.15, 0.2) is 0 Å². The van der Waals surface area contributed by atoms with Crippen LogP contribution >= 0.6 is 11.1 Å².